The van der Waals surface area contributed by atoms with Gasteiger partial charge in [0.2, 0.25) is 0 Å². The minimum Gasteiger partial charge on any atom is -0.396 e. The van der Waals surface area contributed by atoms with Crippen molar-refractivity contribution >= 4 is 22.5 Å². The highest BCUT2D eigenvalue weighted by atomic mass is 35.5. The topological polar surface area (TPSA) is 84.8 Å². The van der Waals surface area contributed by atoms with Crippen LogP contribution in [0.4, 0.5) is 0 Å². The van der Waals surface area contributed by atoms with E-state index in [1.807, 2.05) is 6.07 Å². The molecule has 82 valence electrons. The quantitative estimate of drug-likeness (QED) is 0.479. The Morgan fingerprint density at radius 3 is 3.06 bits per heavy atom. The van der Waals surface area contributed by atoms with E-state index >= 15 is 0 Å². The zero-order valence-electron chi connectivity index (χ0n) is 8.26. The number of aromatic amines is 1. The van der Waals surface area contributed by atoms with Crippen molar-refractivity contribution in [3.8, 4) is 0 Å². The van der Waals surface area contributed by atoms with E-state index in [-0.39, 0.29) is 6.61 Å². The first kappa shape index (κ1) is 10.8. The third kappa shape index (κ3) is 1.84. The van der Waals surface area contributed by atoms with Crippen LogP contribution in [-0.2, 0) is 0 Å². The number of H-pyrrole nitrogens is 1. The van der Waals surface area contributed by atoms with Crippen LogP contribution in [0.2, 0.25) is 5.02 Å². The Morgan fingerprint density at radius 2 is 2.38 bits per heavy atom. The number of aliphatic hydroxyl groups is 1. The number of aromatic nitrogens is 1. The molecule has 2 N–H and O–H groups in total. The van der Waals surface area contributed by atoms with Gasteiger partial charge in [-0.25, -0.2) is 0 Å². The monoisotopic (exact) mass is 236 g/mol. The van der Waals surface area contributed by atoms with Crippen LogP contribution < -0.4 is 0 Å². The molecule has 6 heteroatoms. The fourth-order valence-corrected chi connectivity index (χ4v) is 1.83. The summed E-state index contributed by atoms with van der Waals surface area (Å²) in [4.78, 5) is 5.74. The fourth-order valence-electron chi connectivity index (χ4n) is 1.66. The van der Waals surface area contributed by atoms with Crippen molar-refractivity contribution in [1.29, 1.82) is 0 Å². The summed E-state index contributed by atoms with van der Waals surface area (Å²) in [6.45, 7) is -0.223. The standard InChI is InChI=1S/C10H9ClN4O/c11-6-1-2-7-8(4-13-9(7)3-6)10(5-16)14-15-12/h1-4,10,13,16H,5H2. The number of hydrogen-bond donors (Lipinski definition) is 2. The molecule has 0 aliphatic carbocycles. The van der Waals surface area contributed by atoms with Crippen LogP contribution in [0.5, 0.6) is 0 Å². The zero-order valence-corrected chi connectivity index (χ0v) is 9.02. The second-order valence-corrected chi connectivity index (χ2v) is 3.77. The molecule has 0 amide bonds. The molecular weight excluding hydrogens is 228 g/mol. The minimum atomic E-state index is -0.570. The number of halogens is 1. The smallest absolute Gasteiger partial charge is 0.0876 e. The summed E-state index contributed by atoms with van der Waals surface area (Å²) in [5.74, 6) is 0. The Bertz CT molecular complexity index is 559. The van der Waals surface area contributed by atoms with Crippen molar-refractivity contribution in [2.45, 2.75) is 6.04 Å². The third-order valence-corrected chi connectivity index (χ3v) is 2.63. The molecule has 0 bridgehead atoms. The van der Waals surface area contributed by atoms with Crippen molar-refractivity contribution in [2.75, 3.05) is 6.61 Å². The number of aliphatic hydroxyl groups excluding tert-OH is 1. The van der Waals surface area contributed by atoms with Gasteiger partial charge >= 0.3 is 0 Å². The summed E-state index contributed by atoms with van der Waals surface area (Å²) < 4.78 is 0. The van der Waals surface area contributed by atoms with Crippen LogP contribution in [0.1, 0.15) is 11.6 Å². The van der Waals surface area contributed by atoms with E-state index in [1.54, 1.807) is 18.3 Å². The van der Waals surface area contributed by atoms with Crippen LogP contribution in [0.25, 0.3) is 21.3 Å². The van der Waals surface area contributed by atoms with Crippen molar-refractivity contribution < 1.29 is 5.11 Å². The predicted molar refractivity (Wildman–Crippen MR) is 62.3 cm³/mol. The van der Waals surface area contributed by atoms with Crippen LogP contribution in [0, 0.1) is 0 Å². The van der Waals surface area contributed by atoms with Gasteiger partial charge < -0.3 is 10.1 Å². The first-order valence-corrected chi connectivity index (χ1v) is 5.05. The summed E-state index contributed by atoms with van der Waals surface area (Å²) in [6, 6.07) is 4.80. The molecule has 0 fully saturated rings. The van der Waals surface area contributed by atoms with Crippen molar-refractivity contribution in [3.63, 3.8) is 0 Å². The van der Waals surface area contributed by atoms with Gasteiger partial charge in [-0.15, -0.1) is 0 Å². The molecule has 1 heterocycles. The van der Waals surface area contributed by atoms with Crippen molar-refractivity contribution in [1.82, 2.24) is 4.98 Å². The molecule has 5 nitrogen and oxygen atoms in total. The number of azide groups is 1. The molecule has 2 aromatic rings. The highest BCUT2D eigenvalue weighted by molar-refractivity contribution is 6.31. The summed E-state index contributed by atoms with van der Waals surface area (Å²) in [6.07, 6.45) is 1.72. The Kier molecular flexibility index (Phi) is 3.01. The first-order chi connectivity index (χ1) is 7.76. The lowest BCUT2D eigenvalue weighted by molar-refractivity contribution is 0.268. The van der Waals surface area contributed by atoms with Gasteiger partial charge in [0, 0.05) is 27.0 Å². The maximum atomic E-state index is 9.14. The molecule has 0 aliphatic rings. The Balaban J connectivity index is 2.56. The van der Waals surface area contributed by atoms with E-state index in [9.17, 15) is 0 Å². The van der Waals surface area contributed by atoms with E-state index in [0.29, 0.717) is 5.02 Å². The van der Waals surface area contributed by atoms with Gasteiger partial charge in [-0.2, -0.15) is 0 Å². The number of benzene rings is 1. The molecular formula is C10H9ClN4O. The van der Waals surface area contributed by atoms with Crippen LogP contribution in [0.3, 0.4) is 0 Å². The van der Waals surface area contributed by atoms with Crippen LogP contribution in [-0.4, -0.2) is 16.7 Å². The molecule has 0 spiro atoms. The highest BCUT2D eigenvalue weighted by Gasteiger charge is 2.13. The molecule has 0 aliphatic heterocycles. The molecule has 2 rings (SSSR count). The van der Waals surface area contributed by atoms with Gasteiger partial charge in [0.05, 0.1) is 12.6 Å². The second-order valence-electron chi connectivity index (χ2n) is 3.34. The van der Waals surface area contributed by atoms with Crippen molar-refractivity contribution in [2.24, 2.45) is 5.11 Å². The van der Waals surface area contributed by atoms with Gasteiger partial charge in [-0.3, -0.25) is 0 Å². The normalized spacial score (nSPS) is 12.4. The van der Waals surface area contributed by atoms with Gasteiger partial charge in [0.25, 0.3) is 0 Å². The largest absolute Gasteiger partial charge is 0.396 e. The van der Waals surface area contributed by atoms with E-state index < -0.39 is 6.04 Å². The molecule has 0 radical (unpaired) electrons. The average Bonchev–Trinajstić information content (AvgIpc) is 2.68. The van der Waals surface area contributed by atoms with Gasteiger partial charge in [-0.05, 0) is 23.2 Å². The fraction of sp³-hybridized carbons (Fsp3) is 0.200. The SMILES string of the molecule is [N-]=[N+]=NC(CO)c1c[nH]c2cc(Cl)ccc12. The lowest BCUT2D eigenvalue weighted by Gasteiger charge is -2.05. The summed E-state index contributed by atoms with van der Waals surface area (Å²) in [7, 11) is 0. The third-order valence-electron chi connectivity index (χ3n) is 2.40. The summed E-state index contributed by atoms with van der Waals surface area (Å²) in [5.41, 5.74) is 10.0. The van der Waals surface area contributed by atoms with E-state index in [1.165, 1.54) is 0 Å². The van der Waals surface area contributed by atoms with Gasteiger partial charge in [-0.1, -0.05) is 22.8 Å². The molecule has 16 heavy (non-hydrogen) atoms. The molecule has 1 atom stereocenters. The minimum absolute atomic E-state index is 0.223. The summed E-state index contributed by atoms with van der Waals surface area (Å²) in [5, 5.41) is 14.2. The predicted octanol–water partition coefficient (Wildman–Crippen LogP) is 3.17. The average molecular weight is 237 g/mol. The van der Waals surface area contributed by atoms with E-state index in [2.05, 4.69) is 15.0 Å². The number of rotatable bonds is 3. The second kappa shape index (κ2) is 4.45. The number of fused-ring (bicyclic) bond motifs is 1. The number of nitrogens with one attached hydrogen (secondary N) is 1. The molecule has 1 unspecified atom stereocenters. The van der Waals surface area contributed by atoms with Crippen molar-refractivity contribution in [3.05, 3.63) is 45.4 Å². The van der Waals surface area contributed by atoms with E-state index in [4.69, 9.17) is 22.2 Å². The maximum absolute atomic E-state index is 9.14. The van der Waals surface area contributed by atoms with E-state index in [0.717, 1.165) is 16.5 Å². The lowest BCUT2D eigenvalue weighted by atomic mass is 10.1. The number of nitrogens with zero attached hydrogens (tertiary/aromatic N) is 3. The molecule has 0 saturated heterocycles. The summed E-state index contributed by atoms with van der Waals surface area (Å²) >= 11 is 5.85. The molecule has 1 aromatic carbocycles. The first-order valence-electron chi connectivity index (χ1n) is 4.68. The Morgan fingerprint density at radius 1 is 1.56 bits per heavy atom. The number of hydrogen-bond acceptors (Lipinski definition) is 2. The molecule has 1 aromatic heterocycles. The zero-order chi connectivity index (χ0) is 11.5. The van der Waals surface area contributed by atoms with Gasteiger partial charge in [0.1, 0.15) is 0 Å². The Labute approximate surface area is 96.3 Å². The Hall–Kier alpha value is -1.68. The molecule has 0 saturated carbocycles. The lowest BCUT2D eigenvalue weighted by Crippen LogP contribution is -1.98. The highest BCUT2D eigenvalue weighted by Crippen LogP contribution is 2.28. The van der Waals surface area contributed by atoms with Crippen LogP contribution >= 0.6 is 11.6 Å². The van der Waals surface area contributed by atoms with Crippen LogP contribution in [0.15, 0.2) is 29.5 Å². The maximum Gasteiger partial charge on any atom is 0.0876 e. The van der Waals surface area contributed by atoms with Gasteiger partial charge in [0.15, 0.2) is 0 Å².